The molecule has 1 amide bonds. The van der Waals surface area contributed by atoms with E-state index in [0.717, 1.165) is 10.6 Å². The van der Waals surface area contributed by atoms with E-state index in [1.54, 1.807) is 4.90 Å². The van der Waals surface area contributed by atoms with Gasteiger partial charge in [-0.2, -0.15) is 0 Å². The van der Waals surface area contributed by atoms with Crippen LogP contribution in [0, 0.1) is 13.8 Å². The van der Waals surface area contributed by atoms with Crippen LogP contribution in [0.15, 0.2) is 0 Å². The molecule has 0 aromatic carbocycles. The number of thiazole rings is 1. The monoisotopic (exact) mass is 212 g/mol. The van der Waals surface area contributed by atoms with E-state index in [-0.39, 0.29) is 12.3 Å². The Morgan fingerprint density at radius 3 is 2.71 bits per heavy atom. The third-order valence-electron chi connectivity index (χ3n) is 2.35. The second kappa shape index (κ2) is 3.33. The fourth-order valence-corrected chi connectivity index (χ4v) is 2.38. The average Bonchev–Trinajstić information content (AvgIpc) is 2.57. The van der Waals surface area contributed by atoms with Crippen molar-refractivity contribution in [2.75, 3.05) is 11.4 Å². The van der Waals surface area contributed by atoms with Gasteiger partial charge in [0, 0.05) is 4.88 Å². The Kier molecular flexibility index (Phi) is 2.28. The highest BCUT2D eigenvalue weighted by atomic mass is 32.1. The van der Waals surface area contributed by atoms with Crippen LogP contribution < -0.4 is 4.90 Å². The summed E-state index contributed by atoms with van der Waals surface area (Å²) < 4.78 is 0. The first-order chi connectivity index (χ1) is 6.58. The van der Waals surface area contributed by atoms with Crippen molar-refractivity contribution in [3.05, 3.63) is 10.6 Å². The van der Waals surface area contributed by atoms with Crippen LogP contribution >= 0.6 is 11.3 Å². The first kappa shape index (κ1) is 9.61. The predicted octanol–water partition coefficient (Wildman–Crippen LogP) is 0.858. The van der Waals surface area contributed by atoms with Crippen molar-refractivity contribution < 1.29 is 9.90 Å². The molecule has 1 atom stereocenters. The normalized spacial score (nSPS) is 22.1. The van der Waals surface area contributed by atoms with Gasteiger partial charge in [0.15, 0.2) is 5.13 Å². The Morgan fingerprint density at radius 2 is 2.29 bits per heavy atom. The average molecular weight is 212 g/mol. The summed E-state index contributed by atoms with van der Waals surface area (Å²) in [6, 6.07) is 0. The summed E-state index contributed by atoms with van der Waals surface area (Å²) in [5, 5.41) is 10.0. The zero-order valence-corrected chi connectivity index (χ0v) is 8.97. The van der Waals surface area contributed by atoms with Crippen LogP contribution in [0.3, 0.4) is 0 Å². The standard InChI is InChI=1S/C9H12N2O2S/c1-5-6(2)14-9(10-5)11-4-7(12)3-8(11)13/h7,12H,3-4H2,1-2H3. The molecule has 14 heavy (non-hydrogen) atoms. The molecule has 4 nitrogen and oxygen atoms in total. The molecule has 1 aliphatic rings. The summed E-state index contributed by atoms with van der Waals surface area (Å²) in [6.07, 6.45) is -0.315. The van der Waals surface area contributed by atoms with E-state index in [4.69, 9.17) is 0 Å². The Labute approximate surface area is 86.2 Å². The van der Waals surface area contributed by atoms with Gasteiger partial charge >= 0.3 is 0 Å². The maximum absolute atomic E-state index is 11.4. The summed E-state index contributed by atoms with van der Waals surface area (Å²) in [5.41, 5.74) is 0.958. The number of nitrogens with zero attached hydrogens (tertiary/aromatic N) is 2. The SMILES string of the molecule is Cc1nc(N2CC(O)CC2=O)sc1C. The van der Waals surface area contributed by atoms with Crippen molar-refractivity contribution in [3.63, 3.8) is 0 Å². The lowest BCUT2D eigenvalue weighted by Gasteiger charge is -2.10. The molecule has 2 heterocycles. The number of carbonyl (C=O) groups excluding carboxylic acids is 1. The molecule has 1 saturated heterocycles. The molecule has 1 aromatic heterocycles. The smallest absolute Gasteiger partial charge is 0.231 e. The summed E-state index contributed by atoms with van der Waals surface area (Å²) in [5.74, 6) is -0.0359. The minimum absolute atomic E-state index is 0.0359. The van der Waals surface area contributed by atoms with Gasteiger partial charge in [-0.1, -0.05) is 0 Å². The molecule has 1 aromatic rings. The fourth-order valence-electron chi connectivity index (χ4n) is 1.44. The Morgan fingerprint density at radius 1 is 1.57 bits per heavy atom. The summed E-state index contributed by atoms with van der Waals surface area (Å²) in [4.78, 5) is 18.4. The maximum atomic E-state index is 11.4. The number of hydrogen-bond donors (Lipinski definition) is 1. The minimum Gasteiger partial charge on any atom is -0.391 e. The molecule has 1 fully saturated rings. The largest absolute Gasteiger partial charge is 0.391 e. The number of aryl methyl sites for hydroxylation is 2. The van der Waals surface area contributed by atoms with Gasteiger partial charge < -0.3 is 5.11 Å². The van der Waals surface area contributed by atoms with Gasteiger partial charge in [0.25, 0.3) is 0 Å². The number of hydrogen-bond acceptors (Lipinski definition) is 4. The molecule has 0 saturated carbocycles. The van der Waals surface area contributed by atoms with Crippen molar-refractivity contribution >= 4 is 22.4 Å². The number of aliphatic hydroxyl groups excluding tert-OH is 1. The summed E-state index contributed by atoms with van der Waals surface area (Å²) in [6.45, 7) is 4.28. The van der Waals surface area contributed by atoms with Crippen molar-refractivity contribution in [1.82, 2.24) is 4.98 Å². The Hall–Kier alpha value is -0.940. The van der Waals surface area contributed by atoms with Crippen LogP contribution in [-0.2, 0) is 4.79 Å². The van der Waals surface area contributed by atoms with Gasteiger partial charge in [0.05, 0.1) is 24.8 Å². The van der Waals surface area contributed by atoms with Crippen LogP contribution in [0.2, 0.25) is 0 Å². The highest BCUT2D eigenvalue weighted by Crippen LogP contribution is 2.28. The lowest BCUT2D eigenvalue weighted by Crippen LogP contribution is -2.24. The van der Waals surface area contributed by atoms with Crippen LogP contribution in [0.25, 0.3) is 0 Å². The van der Waals surface area contributed by atoms with E-state index >= 15 is 0 Å². The molecule has 1 aliphatic heterocycles. The molecule has 1 unspecified atom stereocenters. The van der Waals surface area contributed by atoms with Crippen LogP contribution in [0.5, 0.6) is 0 Å². The van der Waals surface area contributed by atoms with Gasteiger partial charge in [-0.05, 0) is 13.8 Å². The van der Waals surface area contributed by atoms with E-state index in [2.05, 4.69) is 4.98 Å². The number of aromatic nitrogens is 1. The molecule has 0 bridgehead atoms. The molecular weight excluding hydrogens is 200 g/mol. The van der Waals surface area contributed by atoms with Crippen molar-refractivity contribution in [3.8, 4) is 0 Å². The minimum atomic E-state index is -0.535. The van der Waals surface area contributed by atoms with Crippen molar-refractivity contribution in [1.29, 1.82) is 0 Å². The lowest BCUT2D eigenvalue weighted by atomic mass is 10.3. The first-order valence-corrected chi connectivity index (χ1v) is 5.32. The highest BCUT2D eigenvalue weighted by molar-refractivity contribution is 7.15. The number of anilines is 1. The molecule has 0 aliphatic carbocycles. The first-order valence-electron chi connectivity index (χ1n) is 4.50. The zero-order valence-electron chi connectivity index (χ0n) is 8.15. The third kappa shape index (κ3) is 1.53. The number of β-amino-alcohol motifs (C(OH)–C–C–N with tert-alkyl or cyclic N) is 1. The van der Waals surface area contributed by atoms with E-state index in [1.807, 2.05) is 13.8 Å². The van der Waals surface area contributed by atoms with Crippen molar-refractivity contribution in [2.45, 2.75) is 26.4 Å². The molecule has 0 spiro atoms. The van der Waals surface area contributed by atoms with E-state index in [9.17, 15) is 9.90 Å². The topological polar surface area (TPSA) is 53.4 Å². The van der Waals surface area contributed by atoms with Gasteiger partial charge in [-0.3, -0.25) is 9.69 Å². The van der Waals surface area contributed by atoms with E-state index in [1.165, 1.54) is 11.3 Å². The molecule has 2 rings (SSSR count). The quantitative estimate of drug-likeness (QED) is 0.751. The number of amides is 1. The molecule has 76 valence electrons. The Bertz CT molecular complexity index is 355. The Balaban J connectivity index is 2.27. The number of rotatable bonds is 1. The van der Waals surface area contributed by atoms with E-state index in [0.29, 0.717) is 11.7 Å². The van der Waals surface area contributed by atoms with Crippen LogP contribution in [0.4, 0.5) is 5.13 Å². The number of aliphatic hydroxyl groups is 1. The molecular formula is C9H12N2O2S. The van der Waals surface area contributed by atoms with Crippen molar-refractivity contribution in [2.24, 2.45) is 0 Å². The second-order valence-electron chi connectivity index (χ2n) is 3.50. The zero-order chi connectivity index (χ0) is 10.3. The maximum Gasteiger partial charge on any atom is 0.231 e. The van der Waals surface area contributed by atoms with E-state index < -0.39 is 6.10 Å². The van der Waals surface area contributed by atoms with Gasteiger partial charge in [0.2, 0.25) is 5.91 Å². The molecule has 5 heteroatoms. The van der Waals surface area contributed by atoms with Gasteiger partial charge in [-0.25, -0.2) is 4.98 Å². The fraction of sp³-hybridized carbons (Fsp3) is 0.556. The summed E-state index contributed by atoms with van der Waals surface area (Å²) >= 11 is 1.50. The molecule has 0 radical (unpaired) electrons. The van der Waals surface area contributed by atoms with Gasteiger partial charge in [0.1, 0.15) is 0 Å². The lowest BCUT2D eigenvalue weighted by molar-refractivity contribution is -0.117. The third-order valence-corrected chi connectivity index (χ3v) is 3.45. The summed E-state index contributed by atoms with van der Waals surface area (Å²) in [7, 11) is 0. The highest BCUT2D eigenvalue weighted by Gasteiger charge is 2.31. The number of carbonyl (C=O) groups is 1. The second-order valence-corrected chi connectivity index (χ2v) is 4.68. The van der Waals surface area contributed by atoms with Gasteiger partial charge in [-0.15, -0.1) is 11.3 Å². The molecule has 1 N–H and O–H groups in total. The predicted molar refractivity (Wildman–Crippen MR) is 54.6 cm³/mol. The van der Waals surface area contributed by atoms with Crippen LogP contribution in [-0.4, -0.2) is 28.6 Å². The van der Waals surface area contributed by atoms with Crippen LogP contribution in [0.1, 0.15) is 17.0 Å².